The SMILES string of the molecule is CCN(CC)C(CN=C(N)NC(C)COC)c1cccc(OC)c1. The van der Waals surface area contributed by atoms with E-state index in [1.807, 2.05) is 19.1 Å². The number of hydrogen-bond acceptors (Lipinski definition) is 4. The molecule has 0 saturated carbocycles. The molecule has 0 aromatic heterocycles. The molecule has 136 valence electrons. The summed E-state index contributed by atoms with van der Waals surface area (Å²) < 4.78 is 10.5. The monoisotopic (exact) mass is 336 g/mol. The number of rotatable bonds is 10. The van der Waals surface area contributed by atoms with Gasteiger partial charge in [-0.15, -0.1) is 0 Å². The van der Waals surface area contributed by atoms with Crippen LogP contribution < -0.4 is 15.8 Å². The minimum Gasteiger partial charge on any atom is -0.497 e. The van der Waals surface area contributed by atoms with E-state index < -0.39 is 0 Å². The Hall–Kier alpha value is -1.79. The molecule has 0 bridgehead atoms. The molecule has 0 aliphatic rings. The van der Waals surface area contributed by atoms with Gasteiger partial charge in [0.25, 0.3) is 0 Å². The van der Waals surface area contributed by atoms with Crippen molar-refractivity contribution >= 4 is 5.96 Å². The second-order valence-corrected chi connectivity index (χ2v) is 5.74. The number of nitrogens with one attached hydrogen (secondary N) is 1. The first-order valence-corrected chi connectivity index (χ1v) is 8.49. The van der Waals surface area contributed by atoms with Crippen LogP contribution in [0, 0.1) is 0 Å². The van der Waals surface area contributed by atoms with Gasteiger partial charge >= 0.3 is 0 Å². The molecule has 3 N–H and O–H groups in total. The third-order valence-electron chi connectivity index (χ3n) is 3.98. The fraction of sp³-hybridized carbons (Fsp3) is 0.611. The lowest BCUT2D eigenvalue weighted by molar-refractivity contribution is 0.179. The van der Waals surface area contributed by atoms with E-state index in [4.69, 9.17) is 15.2 Å². The van der Waals surface area contributed by atoms with Crippen LogP contribution >= 0.6 is 0 Å². The molecule has 0 saturated heterocycles. The van der Waals surface area contributed by atoms with Gasteiger partial charge in [-0.3, -0.25) is 9.89 Å². The maximum atomic E-state index is 6.01. The lowest BCUT2D eigenvalue weighted by Crippen LogP contribution is -2.41. The van der Waals surface area contributed by atoms with Crippen LogP contribution in [-0.2, 0) is 4.74 Å². The average Bonchev–Trinajstić information content (AvgIpc) is 2.58. The van der Waals surface area contributed by atoms with Gasteiger partial charge in [0, 0.05) is 13.2 Å². The van der Waals surface area contributed by atoms with E-state index in [0.717, 1.165) is 18.8 Å². The van der Waals surface area contributed by atoms with Gasteiger partial charge in [-0.2, -0.15) is 0 Å². The predicted molar refractivity (Wildman–Crippen MR) is 99.6 cm³/mol. The Labute approximate surface area is 146 Å². The summed E-state index contributed by atoms with van der Waals surface area (Å²) in [6.45, 7) is 9.39. The van der Waals surface area contributed by atoms with Crippen LogP contribution in [0.15, 0.2) is 29.3 Å². The molecule has 2 unspecified atom stereocenters. The number of benzene rings is 1. The Morgan fingerprint density at radius 1 is 1.29 bits per heavy atom. The van der Waals surface area contributed by atoms with Crippen LogP contribution in [0.1, 0.15) is 32.4 Å². The molecule has 1 rings (SSSR count). The highest BCUT2D eigenvalue weighted by Gasteiger charge is 2.18. The fourth-order valence-electron chi connectivity index (χ4n) is 2.72. The number of nitrogens with zero attached hydrogens (tertiary/aromatic N) is 2. The number of methoxy groups -OCH3 is 2. The molecule has 0 fully saturated rings. The van der Waals surface area contributed by atoms with E-state index in [-0.39, 0.29) is 12.1 Å². The number of aliphatic imine (C=N–C) groups is 1. The van der Waals surface area contributed by atoms with Crippen molar-refractivity contribution in [2.75, 3.05) is 40.5 Å². The van der Waals surface area contributed by atoms with E-state index in [1.54, 1.807) is 14.2 Å². The zero-order valence-electron chi connectivity index (χ0n) is 15.6. The molecular formula is C18H32N4O2. The molecule has 0 spiro atoms. The van der Waals surface area contributed by atoms with E-state index in [0.29, 0.717) is 19.1 Å². The van der Waals surface area contributed by atoms with Gasteiger partial charge in [-0.05, 0) is 37.7 Å². The van der Waals surface area contributed by atoms with Crippen LogP contribution in [0.3, 0.4) is 0 Å². The molecule has 0 amide bonds. The first-order chi connectivity index (χ1) is 11.5. The molecule has 6 nitrogen and oxygen atoms in total. The van der Waals surface area contributed by atoms with E-state index in [1.165, 1.54) is 5.56 Å². The van der Waals surface area contributed by atoms with Crippen molar-refractivity contribution in [1.29, 1.82) is 0 Å². The summed E-state index contributed by atoms with van der Waals surface area (Å²) in [6.07, 6.45) is 0. The Balaban J connectivity index is 2.90. The third kappa shape index (κ3) is 6.37. The number of ether oxygens (including phenoxy) is 2. The third-order valence-corrected chi connectivity index (χ3v) is 3.98. The number of hydrogen-bond donors (Lipinski definition) is 2. The van der Waals surface area contributed by atoms with Crippen LogP contribution in [0.4, 0.5) is 0 Å². The summed E-state index contributed by atoms with van der Waals surface area (Å²) in [5.41, 5.74) is 7.19. The zero-order chi connectivity index (χ0) is 17.9. The normalized spacial score (nSPS) is 14.5. The molecule has 0 aliphatic heterocycles. The van der Waals surface area contributed by atoms with E-state index >= 15 is 0 Å². The van der Waals surface area contributed by atoms with Gasteiger partial charge in [0.15, 0.2) is 5.96 Å². The largest absolute Gasteiger partial charge is 0.497 e. The summed E-state index contributed by atoms with van der Waals surface area (Å²) in [7, 11) is 3.35. The standard InChI is InChI=1S/C18H32N4O2/c1-6-22(7-2)17(15-9-8-10-16(11-15)24-5)12-20-18(19)21-14(3)13-23-4/h8-11,14,17H,6-7,12-13H2,1-5H3,(H3,19,20,21). The van der Waals surface area contributed by atoms with Crippen LogP contribution in [0.5, 0.6) is 5.75 Å². The van der Waals surface area contributed by atoms with Crippen molar-refractivity contribution in [2.45, 2.75) is 32.9 Å². The maximum absolute atomic E-state index is 6.01. The zero-order valence-corrected chi connectivity index (χ0v) is 15.6. The summed E-state index contributed by atoms with van der Waals surface area (Å²) >= 11 is 0. The number of guanidine groups is 1. The molecule has 0 heterocycles. The van der Waals surface area contributed by atoms with Gasteiger partial charge in [-0.25, -0.2) is 0 Å². The van der Waals surface area contributed by atoms with Crippen LogP contribution in [0.25, 0.3) is 0 Å². The van der Waals surface area contributed by atoms with Gasteiger partial charge in [0.1, 0.15) is 5.75 Å². The topological polar surface area (TPSA) is 72.1 Å². The quantitative estimate of drug-likeness (QED) is 0.505. The van der Waals surface area contributed by atoms with Crippen molar-refractivity contribution in [3.05, 3.63) is 29.8 Å². The first kappa shape index (κ1) is 20.3. The van der Waals surface area contributed by atoms with Crippen molar-refractivity contribution in [3.63, 3.8) is 0 Å². The first-order valence-electron chi connectivity index (χ1n) is 8.49. The molecule has 1 aromatic carbocycles. The Morgan fingerprint density at radius 3 is 2.58 bits per heavy atom. The molecule has 24 heavy (non-hydrogen) atoms. The maximum Gasteiger partial charge on any atom is 0.188 e. The summed E-state index contributed by atoms with van der Waals surface area (Å²) in [6, 6.07) is 8.43. The second-order valence-electron chi connectivity index (χ2n) is 5.74. The summed E-state index contributed by atoms with van der Waals surface area (Å²) in [5.74, 6) is 1.30. The molecule has 1 aromatic rings. The van der Waals surface area contributed by atoms with Gasteiger partial charge < -0.3 is 20.5 Å². The minimum atomic E-state index is 0.127. The molecule has 0 aliphatic carbocycles. The van der Waals surface area contributed by atoms with Gasteiger partial charge in [-0.1, -0.05) is 26.0 Å². The Morgan fingerprint density at radius 2 is 2.00 bits per heavy atom. The smallest absolute Gasteiger partial charge is 0.188 e. The van der Waals surface area contributed by atoms with Crippen LogP contribution in [0.2, 0.25) is 0 Å². The van der Waals surface area contributed by atoms with Gasteiger partial charge in [0.2, 0.25) is 0 Å². The van der Waals surface area contributed by atoms with Crippen molar-refractivity contribution < 1.29 is 9.47 Å². The van der Waals surface area contributed by atoms with Crippen molar-refractivity contribution in [2.24, 2.45) is 10.7 Å². The highest BCUT2D eigenvalue weighted by Crippen LogP contribution is 2.24. The number of nitrogens with two attached hydrogens (primary N) is 1. The summed E-state index contributed by atoms with van der Waals surface area (Å²) in [4.78, 5) is 6.91. The van der Waals surface area contributed by atoms with Crippen molar-refractivity contribution in [3.8, 4) is 5.75 Å². The number of likely N-dealkylation sites (N-methyl/N-ethyl adjacent to an activating group) is 1. The highest BCUT2D eigenvalue weighted by atomic mass is 16.5. The van der Waals surface area contributed by atoms with E-state index in [2.05, 4.69) is 41.2 Å². The Kier molecular flexibility index (Phi) is 9.19. The van der Waals surface area contributed by atoms with Crippen molar-refractivity contribution in [1.82, 2.24) is 10.2 Å². The predicted octanol–water partition coefficient (Wildman–Crippen LogP) is 2.02. The Bertz CT molecular complexity index is 504. The summed E-state index contributed by atoms with van der Waals surface area (Å²) in [5, 5.41) is 3.14. The second kappa shape index (κ2) is 10.9. The van der Waals surface area contributed by atoms with Crippen LogP contribution in [-0.4, -0.2) is 57.4 Å². The molecule has 6 heteroatoms. The van der Waals surface area contributed by atoms with Gasteiger partial charge in [0.05, 0.1) is 26.3 Å². The highest BCUT2D eigenvalue weighted by molar-refractivity contribution is 5.78. The fourth-order valence-corrected chi connectivity index (χ4v) is 2.72. The molecule has 0 radical (unpaired) electrons. The lowest BCUT2D eigenvalue weighted by atomic mass is 10.0. The van der Waals surface area contributed by atoms with E-state index in [9.17, 15) is 0 Å². The molecule has 2 atom stereocenters. The minimum absolute atomic E-state index is 0.127. The average molecular weight is 336 g/mol. The molecular weight excluding hydrogens is 304 g/mol. The lowest BCUT2D eigenvalue weighted by Gasteiger charge is -2.29.